The summed E-state index contributed by atoms with van der Waals surface area (Å²) in [5, 5.41) is 2.38. The number of rotatable bonds is 6. The first-order chi connectivity index (χ1) is 13.9. The predicted molar refractivity (Wildman–Crippen MR) is 106 cm³/mol. The van der Waals surface area contributed by atoms with Gasteiger partial charge in [0.2, 0.25) is 0 Å². The number of hydrogen-bond donors (Lipinski definition) is 1. The van der Waals surface area contributed by atoms with Crippen LogP contribution in [0.4, 0.5) is 9.18 Å². The van der Waals surface area contributed by atoms with Crippen LogP contribution in [0.15, 0.2) is 60.7 Å². The first-order valence-electron chi connectivity index (χ1n) is 8.56. The average molecular weight is 415 g/mol. The molecule has 0 aromatic heterocycles. The Morgan fingerprint density at radius 2 is 1.86 bits per heavy atom. The Bertz CT molecular complexity index is 998. The van der Waals surface area contributed by atoms with Gasteiger partial charge >= 0.3 is 6.03 Å². The van der Waals surface area contributed by atoms with Crippen LogP contribution >= 0.6 is 11.6 Å². The van der Waals surface area contributed by atoms with Crippen LogP contribution in [0.5, 0.6) is 5.75 Å². The highest BCUT2D eigenvalue weighted by Gasteiger charge is 2.34. The molecule has 1 saturated heterocycles. The van der Waals surface area contributed by atoms with Crippen molar-refractivity contribution in [2.24, 2.45) is 0 Å². The zero-order valence-corrected chi connectivity index (χ0v) is 15.9. The fourth-order valence-corrected chi connectivity index (χ4v) is 2.86. The summed E-state index contributed by atoms with van der Waals surface area (Å²) in [5.74, 6) is -1.48. The molecule has 148 valence electrons. The summed E-state index contributed by atoms with van der Waals surface area (Å²) in [6.07, 6.45) is 2.76. The molecule has 3 rings (SSSR count). The van der Waals surface area contributed by atoms with Gasteiger partial charge in [-0.1, -0.05) is 35.9 Å². The molecule has 0 saturated carbocycles. The van der Waals surface area contributed by atoms with Crippen LogP contribution in [-0.2, 0) is 16.2 Å². The summed E-state index contributed by atoms with van der Waals surface area (Å²) in [5.41, 5.74) is 0.628. The standard InChI is InChI=1S/C21H16ClFN2O4/c1-2-10-25-20(27)15(19(26)24-21(25)28)11-13-6-8-14(9-7-13)29-12-16-17(22)4-3-5-18(16)23/h2-9,11H,1,10,12H2,(H,24,26,28)/b15-11+. The van der Waals surface area contributed by atoms with Crippen LogP contribution in [0.1, 0.15) is 11.1 Å². The van der Waals surface area contributed by atoms with Gasteiger partial charge in [0.05, 0.1) is 5.02 Å². The second-order valence-corrected chi connectivity index (χ2v) is 6.49. The van der Waals surface area contributed by atoms with E-state index in [-0.39, 0.29) is 29.3 Å². The van der Waals surface area contributed by atoms with Gasteiger partial charge in [0.25, 0.3) is 11.8 Å². The Morgan fingerprint density at radius 1 is 1.14 bits per heavy atom. The number of ether oxygens (including phenoxy) is 1. The van der Waals surface area contributed by atoms with Crippen molar-refractivity contribution in [2.75, 3.05) is 6.54 Å². The smallest absolute Gasteiger partial charge is 0.331 e. The number of benzene rings is 2. The van der Waals surface area contributed by atoms with E-state index < -0.39 is 23.7 Å². The molecule has 1 aliphatic rings. The van der Waals surface area contributed by atoms with E-state index in [1.807, 2.05) is 0 Å². The van der Waals surface area contributed by atoms with Crippen molar-refractivity contribution in [3.05, 3.63) is 82.7 Å². The minimum absolute atomic E-state index is 0.0132. The maximum atomic E-state index is 13.8. The van der Waals surface area contributed by atoms with E-state index in [4.69, 9.17) is 16.3 Å². The van der Waals surface area contributed by atoms with Gasteiger partial charge in [-0.05, 0) is 35.9 Å². The van der Waals surface area contributed by atoms with Crippen LogP contribution in [-0.4, -0.2) is 29.3 Å². The number of barbiturate groups is 1. The van der Waals surface area contributed by atoms with Crippen LogP contribution in [0.2, 0.25) is 5.02 Å². The summed E-state index contributed by atoms with van der Waals surface area (Å²) in [6, 6.07) is 10.1. The predicted octanol–water partition coefficient (Wildman–Crippen LogP) is 3.71. The Hall–Kier alpha value is -3.45. The molecule has 0 unspecified atom stereocenters. The van der Waals surface area contributed by atoms with Crippen molar-refractivity contribution in [2.45, 2.75) is 6.61 Å². The molecule has 0 spiro atoms. The molecular formula is C21H16ClFN2O4. The topological polar surface area (TPSA) is 75.7 Å². The summed E-state index contributed by atoms with van der Waals surface area (Å²) < 4.78 is 19.3. The largest absolute Gasteiger partial charge is 0.489 e. The van der Waals surface area contributed by atoms with Crippen molar-refractivity contribution in [3.63, 3.8) is 0 Å². The van der Waals surface area contributed by atoms with Crippen LogP contribution < -0.4 is 10.1 Å². The molecule has 4 amide bonds. The summed E-state index contributed by atoms with van der Waals surface area (Å²) in [6.45, 7) is 3.42. The fourth-order valence-electron chi connectivity index (χ4n) is 2.64. The van der Waals surface area contributed by atoms with Crippen LogP contribution in [0, 0.1) is 5.82 Å². The third-order valence-electron chi connectivity index (χ3n) is 4.13. The first-order valence-corrected chi connectivity index (χ1v) is 8.94. The molecule has 0 bridgehead atoms. The van der Waals surface area contributed by atoms with E-state index in [2.05, 4.69) is 11.9 Å². The quantitative estimate of drug-likeness (QED) is 0.444. The van der Waals surface area contributed by atoms with Gasteiger partial charge in [0, 0.05) is 12.1 Å². The zero-order valence-electron chi connectivity index (χ0n) is 15.2. The highest BCUT2D eigenvalue weighted by molar-refractivity contribution is 6.31. The lowest BCUT2D eigenvalue weighted by Gasteiger charge is -2.25. The number of nitrogens with zero attached hydrogens (tertiary/aromatic N) is 1. The van der Waals surface area contributed by atoms with Gasteiger partial charge in [0.15, 0.2) is 0 Å². The van der Waals surface area contributed by atoms with E-state index in [1.165, 1.54) is 24.3 Å². The molecule has 8 heteroatoms. The highest BCUT2D eigenvalue weighted by Crippen LogP contribution is 2.22. The van der Waals surface area contributed by atoms with E-state index >= 15 is 0 Å². The molecule has 1 heterocycles. The third kappa shape index (κ3) is 4.52. The Balaban J connectivity index is 1.74. The molecule has 1 aliphatic heterocycles. The lowest BCUT2D eigenvalue weighted by Crippen LogP contribution is -2.54. The number of carbonyl (C=O) groups is 3. The molecule has 6 nitrogen and oxygen atoms in total. The van der Waals surface area contributed by atoms with Crippen molar-refractivity contribution < 1.29 is 23.5 Å². The second kappa shape index (κ2) is 8.70. The van der Waals surface area contributed by atoms with Crippen molar-refractivity contribution in [3.8, 4) is 5.75 Å². The molecular weight excluding hydrogens is 399 g/mol. The van der Waals surface area contributed by atoms with Crippen LogP contribution in [0.25, 0.3) is 6.08 Å². The van der Waals surface area contributed by atoms with Gasteiger partial charge in [-0.2, -0.15) is 0 Å². The molecule has 0 aliphatic carbocycles. The van der Waals surface area contributed by atoms with Crippen molar-refractivity contribution in [1.82, 2.24) is 10.2 Å². The molecule has 2 aromatic carbocycles. The summed E-state index contributed by atoms with van der Waals surface area (Å²) in [7, 11) is 0. The van der Waals surface area contributed by atoms with Gasteiger partial charge in [-0.3, -0.25) is 19.8 Å². The molecule has 0 radical (unpaired) electrons. The normalized spacial score (nSPS) is 15.4. The van der Waals surface area contributed by atoms with Gasteiger partial charge in [0.1, 0.15) is 23.7 Å². The van der Waals surface area contributed by atoms with Crippen molar-refractivity contribution in [1.29, 1.82) is 0 Å². The van der Waals surface area contributed by atoms with Crippen LogP contribution in [0.3, 0.4) is 0 Å². The number of amides is 4. The maximum absolute atomic E-state index is 13.8. The number of nitrogens with one attached hydrogen (secondary N) is 1. The van der Waals surface area contributed by atoms with E-state index in [9.17, 15) is 18.8 Å². The minimum Gasteiger partial charge on any atom is -0.489 e. The Morgan fingerprint density at radius 3 is 2.52 bits per heavy atom. The number of halogens is 2. The summed E-state index contributed by atoms with van der Waals surface area (Å²) in [4.78, 5) is 37.0. The highest BCUT2D eigenvalue weighted by atomic mass is 35.5. The zero-order chi connectivity index (χ0) is 21.0. The van der Waals surface area contributed by atoms with E-state index in [0.717, 1.165) is 4.90 Å². The van der Waals surface area contributed by atoms with E-state index in [0.29, 0.717) is 11.3 Å². The minimum atomic E-state index is -0.785. The van der Waals surface area contributed by atoms with Crippen molar-refractivity contribution >= 4 is 35.5 Å². The number of urea groups is 1. The van der Waals surface area contributed by atoms with E-state index in [1.54, 1.807) is 30.3 Å². The summed E-state index contributed by atoms with van der Waals surface area (Å²) >= 11 is 5.97. The molecule has 2 aromatic rings. The van der Waals surface area contributed by atoms with Gasteiger partial charge in [-0.25, -0.2) is 9.18 Å². The Kier molecular flexibility index (Phi) is 6.09. The molecule has 29 heavy (non-hydrogen) atoms. The lowest BCUT2D eigenvalue weighted by molar-refractivity contribution is -0.129. The molecule has 1 fully saturated rings. The number of imide groups is 2. The Labute approximate surface area is 171 Å². The molecule has 0 atom stereocenters. The number of hydrogen-bond acceptors (Lipinski definition) is 4. The average Bonchev–Trinajstić information content (AvgIpc) is 2.69. The molecule has 1 N–H and O–H groups in total. The monoisotopic (exact) mass is 414 g/mol. The maximum Gasteiger partial charge on any atom is 0.331 e. The second-order valence-electron chi connectivity index (χ2n) is 6.08. The van der Waals surface area contributed by atoms with Gasteiger partial charge in [-0.15, -0.1) is 6.58 Å². The number of carbonyl (C=O) groups excluding carboxylic acids is 3. The first kappa shape index (κ1) is 20.3. The lowest BCUT2D eigenvalue weighted by atomic mass is 10.1. The SMILES string of the molecule is C=CCN1C(=O)NC(=O)/C(=C\c2ccc(OCc3c(F)cccc3Cl)cc2)C1=O. The third-order valence-corrected chi connectivity index (χ3v) is 4.49. The fraction of sp³-hybridized carbons (Fsp3) is 0.0952. The van der Waals surface area contributed by atoms with Gasteiger partial charge < -0.3 is 4.74 Å².